The molecule has 0 spiro atoms. The molecule has 136 valence electrons. The molecule has 0 aromatic heterocycles. The van der Waals surface area contributed by atoms with Crippen LogP contribution in [0.5, 0.6) is 5.75 Å². The van der Waals surface area contributed by atoms with Gasteiger partial charge in [0.05, 0.1) is 13.0 Å². The molecule has 1 aromatic rings. The van der Waals surface area contributed by atoms with Gasteiger partial charge in [0.15, 0.2) is 8.32 Å². The highest BCUT2D eigenvalue weighted by Gasteiger charge is 2.36. The quantitative estimate of drug-likeness (QED) is 0.517. The molecule has 0 aliphatic heterocycles. The third-order valence-corrected chi connectivity index (χ3v) is 8.97. The lowest BCUT2D eigenvalue weighted by Crippen LogP contribution is -2.41. The van der Waals surface area contributed by atoms with Gasteiger partial charge in [-0.15, -0.1) is 0 Å². The summed E-state index contributed by atoms with van der Waals surface area (Å²) in [5, 5.41) is 9.07. The molecule has 0 radical (unpaired) electrons. The summed E-state index contributed by atoms with van der Waals surface area (Å²) in [6.45, 7) is 12.1. The summed E-state index contributed by atoms with van der Waals surface area (Å²) in [4.78, 5) is 10.8. The maximum absolute atomic E-state index is 13.3. The maximum Gasteiger partial charge on any atom is 0.307 e. The summed E-state index contributed by atoms with van der Waals surface area (Å²) in [5.74, 6) is -1.09. The number of carboxylic acids is 1. The topological polar surface area (TPSA) is 55.8 Å². The first-order chi connectivity index (χ1) is 11.0. The summed E-state index contributed by atoms with van der Waals surface area (Å²) in [6.07, 6.45) is 1.46. The van der Waals surface area contributed by atoms with Gasteiger partial charge in [0.1, 0.15) is 11.6 Å². The number of halogens is 1. The molecule has 0 bridgehead atoms. The van der Waals surface area contributed by atoms with Gasteiger partial charge in [-0.05, 0) is 37.0 Å². The van der Waals surface area contributed by atoms with Crippen LogP contribution in [0.4, 0.5) is 4.39 Å². The molecule has 0 saturated heterocycles. The number of unbranched alkanes of at least 4 members (excludes halogenated alkanes) is 1. The average molecular weight is 357 g/mol. The lowest BCUT2D eigenvalue weighted by Gasteiger charge is -2.36. The predicted octanol–water partition coefficient (Wildman–Crippen LogP) is 4.63. The van der Waals surface area contributed by atoms with E-state index in [-0.39, 0.29) is 11.5 Å². The summed E-state index contributed by atoms with van der Waals surface area (Å²) >= 11 is 0. The number of carboxylic acid groups (broad SMARTS) is 1. The number of rotatable bonds is 9. The number of carbonyl (C=O) groups is 1. The van der Waals surface area contributed by atoms with Gasteiger partial charge in [-0.2, -0.15) is 0 Å². The minimum absolute atomic E-state index is 0.176. The second-order valence-electron chi connectivity index (χ2n) is 7.49. The lowest BCUT2D eigenvalue weighted by molar-refractivity contribution is -0.136. The van der Waals surface area contributed by atoms with E-state index in [1.165, 1.54) is 18.2 Å². The molecule has 6 heteroatoms. The zero-order valence-corrected chi connectivity index (χ0v) is 16.3. The van der Waals surface area contributed by atoms with Gasteiger partial charge in [-0.1, -0.05) is 26.8 Å². The summed E-state index contributed by atoms with van der Waals surface area (Å²) in [5.41, 5.74) is 0.487. The van der Waals surface area contributed by atoms with E-state index in [9.17, 15) is 9.18 Å². The molecule has 1 N–H and O–H groups in total. The van der Waals surface area contributed by atoms with Crippen molar-refractivity contribution < 1.29 is 23.5 Å². The second-order valence-corrected chi connectivity index (χ2v) is 12.3. The minimum Gasteiger partial charge on any atom is -0.493 e. The van der Waals surface area contributed by atoms with Gasteiger partial charge < -0.3 is 14.3 Å². The van der Waals surface area contributed by atoms with Crippen molar-refractivity contribution in [2.75, 3.05) is 13.2 Å². The van der Waals surface area contributed by atoms with Crippen LogP contribution in [0.1, 0.15) is 39.2 Å². The van der Waals surface area contributed by atoms with E-state index in [4.69, 9.17) is 14.3 Å². The second kappa shape index (κ2) is 8.62. The third-order valence-electron chi connectivity index (χ3n) is 4.44. The van der Waals surface area contributed by atoms with Crippen LogP contribution >= 0.6 is 0 Å². The van der Waals surface area contributed by atoms with Gasteiger partial charge in [0, 0.05) is 18.2 Å². The molecule has 4 nitrogen and oxygen atoms in total. The number of hydrogen-bond donors (Lipinski definition) is 1. The molecule has 1 aromatic carbocycles. The van der Waals surface area contributed by atoms with Gasteiger partial charge >= 0.3 is 5.97 Å². The van der Waals surface area contributed by atoms with Crippen molar-refractivity contribution in [3.8, 4) is 5.75 Å². The Balaban J connectivity index is 2.41. The smallest absolute Gasteiger partial charge is 0.307 e. The van der Waals surface area contributed by atoms with Crippen LogP contribution in [-0.2, 0) is 15.6 Å². The van der Waals surface area contributed by atoms with E-state index < -0.39 is 20.1 Å². The van der Waals surface area contributed by atoms with Gasteiger partial charge in [-0.25, -0.2) is 4.39 Å². The molecule has 0 heterocycles. The Bertz CT molecular complexity index is 552. The zero-order valence-electron chi connectivity index (χ0n) is 15.3. The Morgan fingerprint density at radius 1 is 1.21 bits per heavy atom. The highest BCUT2D eigenvalue weighted by Crippen LogP contribution is 2.36. The zero-order chi connectivity index (χ0) is 18.4. The summed E-state index contributed by atoms with van der Waals surface area (Å²) in [7, 11) is -1.72. The van der Waals surface area contributed by atoms with E-state index in [1.807, 2.05) is 0 Å². The van der Waals surface area contributed by atoms with Crippen LogP contribution in [0.25, 0.3) is 0 Å². The van der Waals surface area contributed by atoms with Gasteiger partial charge in [-0.3, -0.25) is 4.79 Å². The van der Waals surface area contributed by atoms with E-state index in [2.05, 4.69) is 33.9 Å². The fourth-order valence-corrected chi connectivity index (χ4v) is 2.99. The molecule has 0 saturated carbocycles. The van der Waals surface area contributed by atoms with Crippen molar-refractivity contribution in [2.45, 2.75) is 58.2 Å². The summed E-state index contributed by atoms with van der Waals surface area (Å²) in [6, 6.07) is 3.95. The van der Waals surface area contributed by atoms with Crippen molar-refractivity contribution in [3.05, 3.63) is 29.6 Å². The molecule has 0 amide bonds. The van der Waals surface area contributed by atoms with Crippen LogP contribution in [-0.4, -0.2) is 32.6 Å². The number of ether oxygens (including phenoxy) is 1. The average Bonchev–Trinajstić information content (AvgIpc) is 2.43. The SMILES string of the molecule is CC(C)(C)[Si](C)(C)OCCCCOc1cc(F)ccc1CC(=O)O. The Kier molecular flexibility index (Phi) is 7.42. The van der Waals surface area contributed by atoms with Crippen molar-refractivity contribution >= 4 is 14.3 Å². The molecule has 0 fully saturated rings. The molecular weight excluding hydrogens is 327 g/mol. The lowest BCUT2D eigenvalue weighted by atomic mass is 10.1. The first-order valence-electron chi connectivity index (χ1n) is 8.30. The number of hydrogen-bond acceptors (Lipinski definition) is 3. The normalized spacial score (nSPS) is 12.2. The molecular formula is C18H29FO4Si. The monoisotopic (exact) mass is 356 g/mol. The molecule has 0 aliphatic carbocycles. The maximum atomic E-state index is 13.3. The fourth-order valence-electron chi connectivity index (χ4n) is 1.90. The Morgan fingerprint density at radius 2 is 1.83 bits per heavy atom. The largest absolute Gasteiger partial charge is 0.493 e. The summed E-state index contributed by atoms with van der Waals surface area (Å²) < 4.78 is 25.0. The predicted molar refractivity (Wildman–Crippen MR) is 95.6 cm³/mol. The van der Waals surface area contributed by atoms with Crippen molar-refractivity contribution in [1.82, 2.24) is 0 Å². The minimum atomic E-state index is -1.72. The van der Waals surface area contributed by atoms with Crippen LogP contribution in [0.15, 0.2) is 18.2 Å². The van der Waals surface area contributed by atoms with Crippen LogP contribution in [0.3, 0.4) is 0 Å². The standard InChI is InChI=1S/C18H29FO4Si/c1-18(2,3)24(4,5)23-11-7-6-10-22-16-13-15(19)9-8-14(16)12-17(20)21/h8-9,13H,6-7,10-12H2,1-5H3,(H,20,21). The Labute approximate surface area is 145 Å². The van der Waals surface area contributed by atoms with Crippen molar-refractivity contribution in [2.24, 2.45) is 0 Å². The third kappa shape index (κ3) is 6.61. The van der Waals surface area contributed by atoms with E-state index in [0.29, 0.717) is 24.5 Å². The van der Waals surface area contributed by atoms with Crippen molar-refractivity contribution in [1.29, 1.82) is 0 Å². The molecule has 0 unspecified atom stereocenters. The fraction of sp³-hybridized carbons (Fsp3) is 0.611. The van der Waals surface area contributed by atoms with Crippen LogP contribution in [0.2, 0.25) is 18.1 Å². The molecule has 0 aliphatic rings. The van der Waals surface area contributed by atoms with Crippen molar-refractivity contribution in [3.63, 3.8) is 0 Å². The van der Waals surface area contributed by atoms with E-state index >= 15 is 0 Å². The molecule has 24 heavy (non-hydrogen) atoms. The Morgan fingerprint density at radius 3 is 2.42 bits per heavy atom. The molecule has 0 atom stereocenters. The first-order valence-corrected chi connectivity index (χ1v) is 11.2. The van der Waals surface area contributed by atoms with E-state index in [1.54, 1.807) is 0 Å². The molecule has 1 rings (SSSR count). The van der Waals surface area contributed by atoms with Gasteiger partial charge in [0.25, 0.3) is 0 Å². The Hall–Kier alpha value is -1.40. The number of benzene rings is 1. The first kappa shape index (κ1) is 20.6. The highest BCUT2D eigenvalue weighted by molar-refractivity contribution is 6.74. The van der Waals surface area contributed by atoms with Crippen LogP contribution < -0.4 is 4.74 Å². The highest BCUT2D eigenvalue weighted by atomic mass is 28.4. The van der Waals surface area contributed by atoms with Gasteiger partial charge in [0.2, 0.25) is 0 Å². The van der Waals surface area contributed by atoms with E-state index in [0.717, 1.165) is 12.8 Å². The van der Waals surface area contributed by atoms with Crippen LogP contribution in [0, 0.1) is 5.82 Å². The number of aliphatic carboxylic acids is 1.